The van der Waals surface area contributed by atoms with Gasteiger partial charge in [-0.05, 0) is 37.7 Å². The monoisotopic (exact) mass is 380 g/mol. The van der Waals surface area contributed by atoms with E-state index in [2.05, 4.69) is 17.6 Å². The number of thiophene rings is 1. The number of esters is 1. The van der Waals surface area contributed by atoms with Gasteiger partial charge in [-0.15, -0.1) is 11.3 Å². The Morgan fingerprint density at radius 3 is 2.62 bits per heavy atom. The van der Waals surface area contributed by atoms with Gasteiger partial charge < -0.3 is 15.4 Å². The second kappa shape index (κ2) is 10.3. The van der Waals surface area contributed by atoms with Gasteiger partial charge in [-0.3, -0.25) is 9.59 Å². The number of unbranched alkanes of at least 4 members (excludes halogenated alkanes) is 3. The zero-order valence-electron chi connectivity index (χ0n) is 15.6. The summed E-state index contributed by atoms with van der Waals surface area (Å²) in [6.07, 6.45) is 8.13. The Hall–Kier alpha value is -1.89. The molecule has 1 aliphatic rings. The Morgan fingerprint density at radius 2 is 1.88 bits per heavy atom. The van der Waals surface area contributed by atoms with Crippen LogP contribution in [0.1, 0.15) is 73.2 Å². The summed E-state index contributed by atoms with van der Waals surface area (Å²) in [5.41, 5.74) is 1.39. The summed E-state index contributed by atoms with van der Waals surface area (Å²) in [5.74, 6) is -1.04. The first-order chi connectivity index (χ1) is 12.5. The Morgan fingerprint density at radius 1 is 1.12 bits per heavy atom. The average Bonchev–Trinajstić information content (AvgIpc) is 2.96. The minimum absolute atomic E-state index is 0.220. The molecule has 0 fully saturated rings. The molecule has 0 unspecified atom stereocenters. The quantitative estimate of drug-likeness (QED) is 0.508. The molecule has 0 radical (unpaired) electrons. The smallest absolute Gasteiger partial charge is 0.341 e. The zero-order valence-corrected chi connectivity index (χ0v) is 16.4. The number of rotatable bonds is 9. The van der Waals surface area contributed by atoms with Gasteiger partial charge in [0, 0.05) is 18.3 Å². The predicted octanol–water partition coefficient (Wildman–Crippen LogP) is 3.44. The number of amides is 2. The van der Waals surface area contributed by atoms with Crippen LogP contribution in [-0.2, 0) is 27.2 Å². The van der Waals surface area contributed by atoms with Crippen molar-refractivity contribution in [2.45, 2.75) is 65.2 Å². The summed E-state index contributed by atoms with van der Waals surface area (Å²) < 4.78 is 5.22. The van der Waals surface area contributed by atoms with Crippen molar-refractivity contribution in [1.82, 2.24) is 5.32 Å². The molecule has 0 bridgehead atoms. The molecule has 2 amide bonds. The molecule has 0 spiro atoms. The van der Waals surface area contributed by atoms with Crippen LogP contribution in [0.2, 0.25) is 0 Å². The fourth-order valence-electron chi connectivity index (χ4n) is 3.06. The molecular formula is C19H28N2O4S. The van der Waals surface area contributed by atoms with Gasteiger partial charge in [-0.25, -0.2) is 4.79 Å². The van der Waals surface area contributed by atoms with E-state index < -0.39 is 5.97 Å². The highest BCUT2D eigenvalue weighted by Gasteiger charge is 2.27. The molecule has 0 aromatic carbocycles. The molecule has 0 saturated heterocycles. The lowest BCUT2D eigenvalue weighted by Gasteiger charge is -2.12. The number of fused-ring (bicyclic) bond motifs is 1. The van der Waals surface area contributed by atoms with Crippen LogP contribution in [0.4, 0.5) is 5.00 Å². The van der Waals surface area contributed by atoms with Crippen LogP contribution in [0.15, 0.2) is 0 Å². The summed E-state index contributed by atoms with van der Waals surface area (Å²) in [4.78, 5) is 37.0. The van der Waals surface area contributed by atoms with E-state index in [4.69, 9.17) is 4.74 Å². The Labute approximate surface area is 158 Å². The van der Waals surface area contributed by atoms with Gasteiger partial charge in [0.05, 0.1) is 5.56 Å². The maximum absolute atomic E-state index is 12.6. The molecule has 0 aliphatic heterocycles. The third-order valence-corrected chi connectivity index (χ3v) is 5.56. The number of aryl methyl sites for hydroxylation is 1. The Kier molecular flexibility index (Phi) is 8.09. The molecule has 0 saturated carbocycles. The Balaban J connectivity index is 1.93. The van der Waals surface area contributed by atoms with Crippen LogP contribution < -0.4 is 10.6 Å². The van der Waals surface area contributed by atoms with E-state index in [0.29, 0.717) is 17.1 Å². The highest BCUT2D eigenvalue weighted by molar-refractivity contribution is 7.17. The van der Waals surface area contributed by atoms with E-state index in [1.807, 2.05) is 0 Å². The highest BCUT2D eigenvalue weighted by atomic mass is 32.1. The minimum Gasteiger partial charge on any atom is -0.452 e. The number of ether oxygens (including phenoxy) is 1. The molecule has 2 rings (SSSR count). The van der Waals surface area contributed by atoms with Crippen molar-refractivity contribution in [1.29, 1.82) is 0 Å². The fraction of sp³-hybridized carbons (Fsp3) is 0.632. The lowest BCUT2D eigenvalue weighted by molar-refractivity contribution is -0.124. The maximum Gasteiger partial charge on any atom is 0.341 e. The van der Waals surface area contributed by atoms with E-state index in [9.17, 15) is 14.4 Å². The lowest BCUT2D eigenvalue weighted by Crippen LogP contribution is -2.29. The van der Waals surface area contributed by atoms with Crippen LogP contribution in [-0.4, -0.2) is 30.9 Å². The standard InChI is InChI=1S/C19H28N2O4S/c1-3-4-5-8-11-20-16(23)12-25-19(24)17-14-9-6-7-10-15(14)26-18(17)21-13(2)22/h3-12H2,1-2H3,(H,20,23)(H,21,22). The van der Waals surface area contributed by atoms with Crippen molar-refractivity contribution in [2.24, 2.45) is 0 Å². The summed E-state index contributed by atoms with van der Waals surface area (Å²) in [6, 6.07) is 0. The average molecular weight is 381 g/mol. The largest absolute Gasteiger partial charge is 0.452 e. The van der Waals surface area contributed by atoms with Crippen LogP contribution in [0.25, 0.3) is 0 Å². The van der Waals surface area contributed by atoms with Crippen molar-refractivity contribution >= 4 is 34.1 Å². The summed E-state index contributed by atoms with van der Waals surface area (Å²) in [6.45, 7) is 3.86. The molecule has 2 N–H and O–H groups in total. The molecule has 6 nitrogen and oxygen atoms in total. The van der Waals surface area contributed by atoms with Crippen molar-refractivity contribution in [3.8, 4) is 0 Å². The van der Waals surface area contributed by atoms with Crippen LogP contribution >= 0.6 is 11.3 Å². The number of nitrogens with one attached hydrogen (secondary N) is 2. The Bertz CT molecular complexity index is 654. The fourth-order valence-corrected chi connectivity index (χ4v) is 4.39. The number of hydrogen-bond donors (Lipinski definition) is 2. The SMILES string of the molecule is CCCCCCNC(=O)COC(=O)c1c(NC(C)=O)sc2c1CCCC2. The van der Waals surface area contributed by atoms with Crippen molar-refractivity contribution in [3.05, 3.63) is 16.0 Å². The number of hydrogen-bond acceptors (Lipinski definition) is 5. The molecule has 0 atom stereocenters. The van der Waals surface area contributed by atoms with E-state index in [-0.39, 0.29) is 18.4 Å². The first kappa shape index (κ1) is 20.4. The maximum atomic E-state index is 12.6. The second-order valence-corrected chi connectivity index (χ2v) is 7.69. The van der Waals surface area contributed by atoms with Crippen LogP contribution in [0, 0.1) is 0 Å². The topological polar surface area (TPSA) is 84.5 Å². The van der Waals surface area contributed by atoms with Gasteiger partial charge in [0.15, 0.2) is 6.61 Å². The summed E-state index contributed by atoms with van der Waals surface area (Å²) in [7, 11) is 0. The summed E-state index contributed by atoms with van der Waals surface area (Å²) >= 11 is 1.44. The number of carbonyl (C=O) groups excluding carboxylic acids is 3. The van der Waals surface area contributed by atoms with Crippen molar-refractivity contribution in [2.75, 3.05) is 18.5 Å². The molecule has 7 heteroatoms. The van der Waals surface area contributed by atoms with E-state index in [0.717, 1.165) is 61.8 Å². The van der Waals surface area contributed by atoms with Gasteiger partial charge in [0.1, 0.15) is 5.00 Å². The van der Waals surface area contributed by atoms with Crippen molar-refractivity contribution < 1.29 is 19.1 Å². The highest BCUT2D eigenvalue weighted by Crippen LogP contribution is 2.38. The van der Waals surface area contributed by atoms with Crippen LogP contribution in [0.5, 0.6) is 0 Å². The van der Waals surface area contributed by atoms with Gasteiger partial charge in [-0.2, -0.15) is 0 Å². The molecule has 1 aliphatic carbocycles. The third-order valence-electron chi connectivity index (χ3n) is 4.35. The molecule has 1 heterocycles. The van der Waals surface area contributed by atoms with Gasteiger partial charge >= 0.3 is 5.97 Å². The van der Waals surface area contributed by atoms with Crippen molar-refractivity contribution in [3.63, 3.8) is 0 Å². The molecular weight excluding hydrogens is 352 g/mol. The van der Waals surface area contributed by atoms with Gasteiger partial charge in [-0.1, -0.05) is 26.2 Å². The van der Waals surface area contributed by atoms with Gasteiger partial charge in [0.25, 0.3) is 5.91 Å². The second-order valence-electron chi connectivity index (χ2n) is 6.58. The first-order valence-corrected chi connectivity index (χ1v) is 10.2. The van der Waals surface area contributed by atoms with E-state index in [1.165, 1.54) is 18.3 Å². The molecule has 1 aromatic rings. The molecule has 144 valence electrons. The number of anilines is 1. The zero-order chi connectivity index (χ0) is 18.9. The lowest BCUT2D eigenvalue weighted by atomic mass is 9.95. The van der Waals surface area contributed by atoms with E-state index in [1.54, 1.807) is 0 Å². The molecule has 1 aromatic heterocycles. The number of carbonyl (C=O) groups is 3. The first-order valence-electron chi connectivity index (χ1n) is 9.38. The molecule has 26 heavy (non-hydrogen) atoms. The predicted molar refractivity (Wildman–Crippen MR) is 103 cm³/mol. The summed E-state index contributed by atoms with van der Waals surface area (Å²) in [5, 5.41) is 6.04. The minimum atomic E-state index is -0.533. The van der Waals surface area contributed by atoms with Crippen LogP contribution in [0.3, 0.4) is 0 Å². The normalized spacial score (nSPS) is 13.0. The van der Waals surface area contributed by atoms with E-state index >= 15 is 0 Å². The third kappa shape index (κ3) is 5.83. The van der Waals surface area contributed by atoms with Gasteiger partial charge in [0.2, 0.25) is 5.91 Å².